The van der Waals surface area contributed by atoms with Crippen molar-refractivity contribution in [3.8, 4) is 0 Å². The largest absolute Gasteiger partial charge is 0.480 e. The number of ether oxygens (including phenoxy) is 3. The molecule has 0 aliphatic heterocycles. The van der Waals surface area contributed by atoms with E-state index in [0.717, 1.165) is 19.3 Å². The number of carbonyl (C=O) groups is 1. The van der Waals surface area contributed by atoms with E-state index in [0.29, 0.717) is 45.9 Å². The topological polar surface area (TPSA) is 91.0 Å². The van der Waals surface area contributed by atoms with Crippen molar-refractivity contribution in [3.05, 3.63) is 0 Å². The Hall–Kier alpha value is -0.690. The van der Waals surface area contributed by atoms with Crippen LogP contribution < -0.4 is 5.73 Å². The number of hydrogen-bond donors (Lipinski definition) is 2. The van der Waals surface area contributed by atoms with Gasteiger partial charge in [0.25, 0.3) is 0 Å². The second kappa shape index (κ2) is 9.28. The quantitative estimate of drug-likeness (QED) is 0.552. The van der Waals surface area contributed by atoms with Crippen LogP contribution in [0.25, 0.3) is 0 Å². The van der Waals surface area contributed by atoms with Gasteiger partial charge in [0.15, 0.2) is 0 Å². The van der Waals surface area contributed by atoms with E-state index >= 15 is 0 Å². The summed E-state index contributed by atoms with van der Waals surface area (Å²) in [7, 11) is 1.67. The van der Waals surface area contributed by atoms with Crippen LogP contribution in [0.4, 0.5) is 0 Å². The first-order valence-electron chi connectivity index (χ1n) is 7.28. The Morgan fingerprint density at radius 1 is 1.25 bits per heavy atom. The molecule has 6 nitrogen and oxygen atoms in total. The lowest BCUT2D eigenvalue weighted by Gasteiger charge is -2.26. The molecule has 0 aromatic heterocycles. The van der Waals surface area contributed by atoms with E-state index in [1.807, 2.05) is 0 Å². The van der Waals surface area contributed by atoms with Gasteiger partial charge in [0.1, 0.15) is 5.54 Å². The van der Waals surface area contributed by atoms with Gasteiger partial charge in [0.05, 0.1) is 13.2 Å². The van der Waals surface area contributed by atoms with Crippen molar-refractivity contribution in [2.24, 2.45) is 11.7 Å². The number of nitrogens with two attached hydrogens (primary N) is 1. The molecular formula is C14H27NO5. The molecule has 1 aliphatic rings. The summed E-state index contributed by atoms with van der Waals surface area (Å²) in [6.07, 6.45) is 3.91. The number of carboxylic acids is 1. The van der Waals surface area contributed by atoms with Crippen LogP contribution in [-0.2, 0) is 19.0 Å². The fraction of sp³-hybridized carbons (Fsp3) is 0.929. The average Bonchev–Trinajstić information content (AvgIpc) is 2.80. The van der Waals surface area contributed by atoms with Crippen molar-refractivity contribution in [2.45, 2.75) is 37.6 Å². The maximum absolute atomic E-state index is 11.2. The van der Waals surface area contributed by atoms with Gasteiger partial charge in [0.2, 0.25) is 0 Å². The summed E-state index contributed by atoms with van der Waals surface area (Å²) in [5.74, 6) is -0.871. The maximum Gasteiger partial charge on any atom is 0.323 e. The standard InChI is InChI=1S/C14H27NO5/c1-18-7-3-8-19-10-11-20-9-5-12-4-2-6-14(12,15)13(16)17/h12H,2-11,15H2,1H3,(H,16,17). The first-order chi connectivity index (χ1) is 9.61. The van der Waals surface area contributed by atoms with E-state index in [4.69, 9.17) is 19.9 Å². The van der Waals surface area contributed by atoms with E-state index in [1.54, 1.807) is 7.11 Å². The van der Waals surface area contributed by atoms with E-state index in [1.165, 1.54) is 0 Å². The first kappa shape index (κ1) is 17.4. The Bertz CT molecular complexity index is 287. The number of hydrogen-bond acceptors (Lipinski definition) is 5. The summed E-state index contributed by atoms with van der Waals surface area (Å²) >= 11 is 0. The van der Waals surface area contributed by atoms with Crippen LogP contribution in [0.1, 0.15) is 32.1 Å². The van der Waals surface area contributed by atoms with Gasteiger partial charge in [-0.05, 0) is 31.6 Å². The van der Waals surface area contributed by atoms with Gasteiger partial charge in [-0.3, -0.25) is 4.79 Å². The number of carboxylic acid groups (broad SMARTS) is 1. The molecule has 6 heteroatoms. The van der Waals surface area contributed by atoms with E-state index < -0.39 is 11.5 Å². The second-order valence-corrected chi connectivity index (χ2v) is 5.29. The molecule has 3 N–H and O–H groups in total. The Morgan fingerprint density at radius 2 is 1.95 bits per heavy atom. The highest BCUT2D eigenvalue weighted by atomic mass is 16.5. The Morgan fingerprint density at radius 3 is 2.60 bits per heavy atom. The predicted octanol–water partition coefficient (Wildman–Crippen LogP) is 1.03. The summed E-state index contributed by atoms with van der Waals surface area (Å²) in [6, 6.07) is 0. The van der Waals surface area contributed by atoms with Crippen LogP contribution in [0.3, 0.4) is 0 Å². The zero-order chi connectivity index (χ0) is 14.8. The van der Waals surface area contributed by atoms with Gasteiger partial charge >= 0.3 is 5.97 Å². The Balaban J connectivity index is 2.02. The summed E-state index contributed by atoms with van der Waals surface area (Å²) in [4.78, 5) is 11.2. The van der Waals surface area contributed by atoms with Crippen LogP contribution in [0.5, 0.6) is 0 Å². The van der Waals surface area contributed by atoms with E-state index in [9.17, 15) is 9.90 Å². The van der Waals surface area contributed by atoms with Crippen molar-refractivity contribution in [3.63, 3.8) is 0 Å². The predicted molar refractivity (Wildman–Crippen MR) is 74.6 cm³/mol. The Labute approximate surface area is 120 Å². The highest BCUT2D eigenvalue weighted by Gasteiger charge is 2.45. The minimum Gasteiger partial charge on any atom is -0.480 e. The van der Waals surface area contributed by atoms with Crippen molar-refractivity contribution in [1.29, 1.82) is 0 Å². The van der Waals surface area contributed by atoms with Gasteiger partial charge in [-0.2, -0.15) is 0 Å². The summed E-state index contributed by atoms with van der Waals surface area (Å²) in [5.41, 5.74) is 4.91. The van der Waals surface area contributed by atoms with Crippen molar-refractivity contribution >= 4 is 5.97 Å². The van der Waals surface area contributed by atoms with Crippen LogP contribution in [0.15, 0.2) is 0 Å². The third kappa shape index (κ3) is 5.36. The lowest BCUT2D eigenvalue weighted by molar-refractivity contribution is -0.145. The molecule has 0 aromatic carbocycles. The highest BCUT2D eigenvalue weighted by Crippen LogP contribution is 2.36. The molecule has 0 aromatic rings. The summed E-state index contributed by atoms with van der Waals surface area (Å²) < 4.78 is 15.7. The van der Waals surface area contributed by atoms with Crippen LogP contribution >= 0.6 is 0 Å². The summed E-state index contributed by atoms with van der Waals surface area (Å²) in [5, 5.41) is 9.19. The lowest BCUT2D eigenvalue weighted by atomic mass is 9.86. The molecule has 0 radical (unpaired) electrons. The summed E-state index contributed by atoms with van der Waals surface area (Å²) in [6.45, 7) is 3.00. The first-order valence-corrected chi connectivity index (χ1v) is 7.28. The van der Waals surface area contributed by atoms with Gasteiger partial charge in [-0.1, -0.05) is 6.42 Å². The minimum atomic E-state index is -1.06. The van der Waals surface area contributed by atoms with E-state index in [-0.39, 0.29) is 5.92 Å². The fourth-order valence-corrected chi connectivity index (χ4v) is 2.64. The van der Waals surface area contributed by atoms with Crippen LogP contribution in [0, 0.1) is 5.92 Å². The van der Waals surface area contributed by atoms with Crippen LogP contribution in [0.2, 0.25) is 0 Å². The molecule has 20 heavy (non-hydrogen) atoms. The molecule has 0 amide bonds. The zero-order valence-corrected chi connectivity index (χ0v) is 12.3. The monoisotopic (exact) mass is 289 g/mol. The number of aliphatic carboxylic acids is 1. The van der Waals surface area contributed by atoms with Crippen molar-refractivity contribution in [2.75, 3.05) is 40.1 Å². The van der Waals surface area contributed by atoms with Crippen molar-refractivity contribution in [1.82, 2.24) is 0 Å². The highest BCUT2D eigenvalue weighted by molar-refractivity contribution is 5.79. The SMILES string of the molecule is COCCCOCCOCCC1CCCC1(N)C(=O)O. The molecule has 0 heterocycles. The van der Waals surface area contributed by atoms with E-state index in [2.05, 4.69) is 0 Å². The molecular weight excluding hydrogens is 262 g/mol. The zero-order valence-electron chi connectivity index (χ0n) is 12.3. The molecule has 1 rings (SSSR count). The van der Waals surface area contributed by atoms with Gasteiger partial charge in [0, 0.05) is 26.9 Å². The molecule has 1 saturated carbocycles. The lowest BCUT2D eigenvalue weighted by Crippen LogP contribution is -2.51. The molecule has 2 unspecified atom stereocenters. The third-order valence-electron chi connectivity index (χ3n) is 3.89. The van der Waals surface area contributed by atoms with Crippen molar-refractivity contribution < 1.29 is 24.1 Å². The average molecular weight is 289 g/mol. The fourth-order valence-electron chi connectivity index (χ4n) is 2.64. The normalized spacial score (nSPS) is 26.0. The van der Waals surface area contributed by atoms with Gasteiger partial charge < -0.3 is 25.1 Å². The van der Waals surface area contributed by atoms with Gasteiger partial charge in [-0.25, -0.2) is 0 Å². The third-order valence-corrected chi connectivity index (χ3v) is 3.89. The molecule has 118 valence electrons. The maximum atomic E-state index is 11.2. The number of rotatable bonds is 11. The Kier molecular flexibility index (Phi) is 8.06. The smallest absolute Gasteiger partial charge is 0.323 e. The molecule has 0 spiro atoms. The minimum absolute atomic E-state index is 0.0163. The molecule has 0 saturated heterocycles. The van der Waals surface area contributed by atoms with Gasteiger partial charge in [-0.15, -0.1) is 0 Å². The second-order valence-electron chi connectivity index (χ2n) is 5.29. The molecule has 1 fully saturated rings. The molecule has 1 aliphatic carbocycles. The molecule has 2 atom stereocenters. The number of methoxy groups -OCH3 is 1. The molecule has 0 bridgehead atoms. The van der Waals surface area contributed by atoms with Crippen LogP contribution in [-0.4, -0.2) is 56.8 Å².